The Morgan fingerprint density at radius 2 is 2.17 bits per heavy atom. The van der Waals surface area contributed by atoms with Crippen molar-refractivity contribution in [2.45, 2.75) is 26.7 Å². The van der Waals surface area contributed by atoms with Crippen molar-refractivity contribution in [3.8, 4) is 6.07 Å². The van der Waals surface area contributed by atoms with E-state index < -0.39 is 5.92 Å². The lowest BCUT2D eigenvalue weighted by molar-refractivity contribution is -0.128. The second kappa shape index (κ2) is 7.49. The Labute approximate surface area is 142 Å². The normalized spacial score (nSPS) is 17.4. The predicted octanol–water partition coefficient (Wildman–Crippen LogP) is 1.51. The van der Waals surface area contributed by atoms with E-state index in [4.69, 9.17) is 4.42 Å². The quantitative estimate of drug-likeness (QED) is 0.853. The molecule has 1 aromatic heterocycles. The third-order valence-electron chi connectivity index (χ3n) is 4.35. The molecule has 0 spiro atoms. The zero-order valence-corrected chi connectivity index (χ0v) is 14.7. The van der Waals surface area contributed by atoms with Crippen LogP contribution in [-0.4, -0.2) is 55.3 Å². The van der Waals surface area contributed by atoms with Crippen molar-refractivity contribution in [2.24, 2.45) is 5.92 Å². The molecule has 0 aliphatic carbocycles. The number of aryl methyl sites for hydroxylation is 1. The van der Waals surface area contributed by atoms with Crippen molar-refractivity contribution in [3.63, 3.8) is 0 Å². The van der Waals surface area contributed by atoms with E-state index in [2.05, 4.69) is 10.2 Å². The molecule has 0 saturated carbocycles. The summed E-state index contributed by atoms with van der Waals surface area (Å²) in [6.45, 7) is 5.50. The summed E-state index contributed by atoms with van der Waals surface area (Å²) in [5.41, 5.74) is 1.06. The standard InChI is InChI=1S/C17H24N4O3/c1-11-12(2)24-17(14(11)9-18)19-16(23)13-8-15(22)21(10-13)7-5-6-20(3)4/h13H,5-8,10H2,1-4H3,(H,19,23). The molecule has 2 heterocycles. The van der Waals surface area contributed by atoms with Gasteiger partial charge in [-0.05, 0) is 40.9 Å². The van der Waals surface area contributed by atoms with Crippen LogP contribution in [0.4, 0.5) is 5.88 Å². The Morgan fingerprint density at radius 1 is 1.46 bits per heavy atom. The zero-order valence-electron chi connectivity index (χ0n) is 14.7. The maximum atomic E-state index is 12.4. The molecule has 1 atom stereocenters. The van der Waals surface area contributed by atoms with Crippen molar-refractivity contribution < 1.29 is 14.0 Å². The summed E-state index contributed by atoms with van der Waals surface area (Å²) in [6.07, 6.45) is 1.08. The highest BCUT2D eigenvalue weighted by Gasteiger charge is 2.34. The van der Waals surface area contributed by atoms with Crippen LogP contribution >= 0.6 is 0 Å². The third kappa shape index (κ3) is 3.95. The van der Waals surface area contributed by atoms with Gasteiger partial charge in [-0.15, -0.1) is 0 Å². The Balaban J connectivity index is 1.96. The summed E-state index contributed by atoms with van der Waals surface area (Å²) in [4.78, 5) is 28.3. The fraction of sp³-hybridized carbons (Fsp3) is 0.588. The van der Waals surface area contributed by atoms with E-state index in [0.717, 1.165) is 18.5 Å². The molecular formula is C17H24N4O3. The van der Waals surface area contributed by atoms with E-state index in [9.17, 15) is 14.9 Å². The highest BCUT2D eigenvalue weighted by molar-refractivity contribution is 5.97. The van der Waals surface area contributed by atoms with Crippen LogP contribution in [0.15, 0.2) is 4.42 Å². The molecule has 24 heavy (non-hydrogen) atoms. The molecule has 0 radical (unpaired) electrons. The van der Waals surface area contributed by atoms with E-state index in [1.165, 1.54) is 0 Å². The van der Waals surface area contributed by atoms with E-state index >= 15 is 0 Å². The van der Waals surface area contributed by atoms with E-state index in [1.807, 2.05) is 20.2 Å². The molecule has 0 aromatic carbocycles. The number of hydrogen-bond acceptors (Lipinski definition) is 5. The first-order valence-corrected chi connectivity index (χ1v) is 8.07. The van der Waals surface area contributed by atoms with Gasteiger partial charge < -0.3 is 14.2 Å². The smallest absolute Gasteiger partial charge is 0.232 e. The van der Waals surface area contributed by atoms with Gasteiger partial charge in [0.05, 0.1) is 5.92 Å². The van der Waals surface area contributed by atoms with Crippen LogP contribution in [0.2, 0.25) is 0 Å². The molecule has 2 amide bonds. The van der Waals surface area contributed by atoms with Crippen LogP contribution in [0.5, 0.6) is 0 Å². The number of amides is 2. The number of carbonyl (C=O) groups is 2. The fourth-order valence-corrected chi connectivity index (χ4v) is 2.81. The van der Waals surface area contributed by atoms with Gasteiger partial charge in [-0.1, -0.05) is 0 Å². The summed E-state index contributed by atoms with van der Waals surface area (Å²) in [5, 5.41) is 11.9. The van der Waals surface area contributed by atoms with Gasteiger partial charge in [0.15, 0.2) is 0 Å². The molecule has 7 nitrogen and oxygen atoms in total. The average Bonchev–Trinajstić information content (AvgIpc) is 3.00. The fourth-order valence-electron chi connectivity index (χ4n) is 2.81. The molecule has 1 aromatic rings. The summed E-state index contributed by atoms with van der Waals surface area (Å²) >= 11 is 0. The first kappa shape index (κ1) is 18.0. The van der Waals surface area contributed by atoms with Crippen LogP contribution in [0.3, 0.4) is 0 Å². The van der Waals surface area contributed by atoms with Crippen molar-refractivity contribution in [2.75, 3.05) is 39.0 Å². The number of carbonyl (C=O) groups excluding carboxylic acids is 2. The molecule has 1 N–H and O–H groups in total. The van der Waals surface area contributed by atoms with Gasteiger partial charge >= 0.3 is 0 Å². The molecule has 7 heteroatoms. The van der Waals surface area contributed by atoms with Gasteiger partial charge in [0.1, 0.15) is 17.4 Å². The second-order valence-electron chi connectivity index (χ2n) is 6.49. The topological polar surface area (TPSA) is 89.6 Å². The van der Waals surface area contributed by atoms with E-state index in [-0.39, 0.29) is 24.1 Å². The number of nitrogens with zero attached hydrogens (tertiary/aromatic N) is 3. The highest BCUT2D eigenvalue weighted by Crippen LogP contribution is 2.27. The first-order chi connectivity index (χ1) is 11.3. The lowest BCUT2D eigenvalue weighted by Crippen LogP contribution is -2.30. The SMILES string of the molecule is Cc1oc(NC(=O)C2CC(=O)N(CCCN(C)C)C2)c(C#N)c1C. The van der Waals surface area contributed by atoms with Gasteiger partial charge in [-0.3, -0.25) is 14.9 Å². The van der Waals surface area contributed by atoms with E-state index in [0.29, 0.717) is 24.4 Å². The molecule has 2 rings (SSSR count). The monoisotopic (exact) mass is 332 g/mol. The van der Waals surface area contributed by atoms with Crippen LogP contribution in [-0.2, 0) is 9.59 Å². The maximum Gasteiger partial charge on any atom is 0.232 e. The predicted molar refractivity (Wildman–Crippen MR) is 89.4 cm³/mol. The molecule has 1 aliphatic rings. The van der Waals surface area contributed by atoms with Crippen LogP contribution in [0, 0.1) is 31.1 Å². The Bertz CT molecular complexity index is 672. The minimum absolute atomic E-state index is 0.00113. The lowest BCUT2D eigenvalue weighted by Gasteiger charge is -2.17. The number of nitrogens with one attached hydrogen (secondary N) is 1. The van der Waals surface area contributed by atoms with Crippen LogP contribution < -0.4 is 5.32 Å². The molecular weight excluding hydrogens is 308 g/mol. The van der Waals surface area contributed by atoms with Gasteiger partial charge in [0.2, 0.25) is 17.7 Å². The van der Waals surface area contributed by atoms with Crippen LogP contribution in [0.25, 0.3) is 0 Å². The number of nitriles is 1. The summed E-state index contributed by atoms with van der Waals surface area (Å²) in [7, 11) is 3.98. The summed E-state index contributed by atoms with van der Waals surface area (Å²) in [6, 6.07) is 2.05. The number of rotatable bonds is 6. The summed E-state index contributed by atoms with van der Waals surface area (Å²) < 4.78 is 5.45. The second-order valence-corrected chi connectivity index (χ2v) is 6.49. The van der Waals surface area contributed by atoms with Gasteiger partial charge in [0.25, 0.3) is 0 Å². The average molecular weight is 332 g/mol. The van der Waals surface area contributed by atoms with Crippen molar-refractivity contribution >= 4 is 17.7 Å². The largest absolute Gasteiger partial charge is 0.444 e. The number of hydrogen-bond donors (Lipinski definition) is 1. The zero-order chi connectivity index (χ0) is 17.9. The summed E-state index contributed by atoms with van der Waals surface area (Å²) in [5.74, 6) is 0.102. The van der Waals surface area contributed by atoms with Crippen molar-refractivity contribution in [1.82, 2.24) is 9.80 Å². The minimum Gasteiger partial charge on any atom is -0.444 e. The minimum atomic E-state index is -0.408. The van der Waals surface area contributed by atoms with E-state index in [1.54, 1.807) is 18.7 Å². The van der Waals surface area contributed by atoms with Crippen LogP contribution in [0.1, 0.15) is 29.7 Å². The van der Waals surface area contributed by atoms with Gasteiger partial charge in [-0.2, -0.15) is 5.26 Å². The number of anilines is 1. The van der Waals surface area contributed by atoms with Gasteiger partial charge in [-0.25, -0.2) is 0 Å². The van der Waals surface area contributed by atoms with Crippen molar-refractivity contribution in [1.29, 1.82) is 5.26 Å². The lowest BCUT2D eigenvalue weighted by atomic mass is 10.1. The molecule has 130 valence electrons. The Morgan fingerprint density at radius 3 is 2.79 bits per heavy atom. The molecule has 1 aliphatic heterocycles. The van der Waals surface area contributed by atoms with Gasteiger partial charge in [0, 0.05) is 25.1 Å². The third-order valence-corrected chi connectivity index (χ3v) is 4.35. The highest BCUT2D eigenvalue weighted by atomic mass is 16.4. The van der Waals surface area contributed by atoms with Crippen molar-refractivity contribution in [3.05, 3.63) is 16.9 Å². The number of likely N-dealkylation sites (tertiary alicyclic amines) is 1. The molecule has 1 saturated heterocycles. The maximum absolute atomic E-state index is 12.4. The Kier molecular flexibility index (Phi) is 5.62. The molecule has 0 bridgehead atoms. The Hall–Kier alpha value is -2.33. The first-order valence-electron chi connectivity index (χ1n) is 8.07. The molecule has 1 unspecified atom stereocenters. The molecule has 1 fully saturated rings. The number of furan rings is 1.